The molecule has 3 aromatic heterocycles. The van der Waals surface area contributed by atoms with Crippen LogP contribution < -0.4 is 0 Å². The quantitative estimate of drug-likeness (QED) is 0.188. The highest BCUT2D eigenvalue weighted by molar-refractivity contribution is 6.12. The molecule has 0 radical (unpaired) electrons. The number of nitrogens with zero attached hydrogens (tertiary/aromatic N) is 4. The molecule has 0 atom stereocenters. The predicted molar refractivity (Wildman–Crippen MR) is 204 cm³/mol. The van der Waals surface area contributed by atoms with Crippen LogP contribution in [0.5, 0.6) is 0 Å². The summed E-state index contributed by atoms with van der Waals surface area (Å²) >= 11 is 0. The molecule has 0 N–H and O–H groups in total. The molecule has 10 rings (SSSR count). The van der Waals surface area contributed by atoms with E-state index in [1.54, 1.807) is 0 Å². The maximum absolute atomic E-state index is 6.04. The Morgan fingerprint density at radius 1 is 0.380 bits per heavy atom. The van der Waals surface area contributed by atoms with Crippen molar-refractivity contribution in [2.24, 2.45) is 0 Å². The second kappa shape index (κ2) is 11.2. The van der Waals surface area contributed by atoms with Crippen molar-refractivity contribution in [1.82, 2.24) is 19.3 Å². The number of para-hydroxylation sites is 2. The van der Waals surface area contributed by atoms with Gasteiger partial charge < -0.3 is 13.6 Å². The third-order valence-electron chi connectivity index (χ3n) is 9.76. The number of hydrogen-bond donors (Lipinski definition) is 0. The Morgan fingerprint density at radius 2 is 0.840 bits per heavy atom. The van der Waals surface area contributed by atoms with Gasteiger partial charge in [-0.15, -0.1) is 10.2 Å². The van der Waals surface area contributed by atoms with Crippen LogP contribution in [0.1, 0.15) is 5.56 Å². The average molecular weight is 643 g/mol. The largest absolute Gasteiger partial charge is 0.416 e. The van der Waals surface area contributed by atoms with Gasteiger partial charge in [0.1, 0.15) is 0 Å². The number of hydrogen-bond acceptors (Lipinski definition) is 3. The molecule has 5 nitrogen and oxygen atoms in total. The Balaban J connectivity index is 1.08. The molecule has 0 aliphatic rings. The molecule has 0 fully saturated rings. The fraction of sp³-hybridized carbons (Fsp3) is 0.0222. The number of rotatable bonds is 5. The minimum absolute atomic E-state index is 0.502. The van der Waals surface area contributed by atoms with Gasteiger partial charge >= 0.3 is 0 Å². The summed E-state index contributed by atoms with van der Waals surface area (Å²) in [6.45, 7) is 2.16. The predicted octanol–water partition coefficient (Wildman–Crippen LogP) is 11.6. The van der Waals surface area contributed by atoms with Crippen molar-refractivity contribution in [3.05, 3.63) is 169 Å². The zero-order valence-corrected chi connectivity index (χ0v) is 27.3. The summed E-state index contributed by atoms with van der Waals surface area (Å²) in [5.74, 6) is 1.01. The van der Waals surface area contributed by atoms with Crippen LogP contribution >= 0.6 is 0 Å². The summed E-state index contributed by atoms with van der Waals surface area (Å²) in [7, 11) is 0. The SMILES string of the molecule is Cc1ccc2c(c1)c1cc(-c3ccc4c(c3)c3ccccc3n4-c3ccccc3)ccc1n2-c1ccc(-c2nnc(-c3ccccc3)o2)cc1. The average Bonchev–Trinajstić information content (AvgIpc) is 3.88. The van der Waals surface area contributed by atoms with E-state index in [1.165, 1.54) is 54.8 Å². The first-order chi connectivity index (χ1) is 24.7. The van der Waals surface area contributed by atoms with Crippen LogP contribution in [0.3, 0.4) is 0 Å². The third-order valence-corrected chi connectivity index (χ3v) is 9.76. The van der Waals surface area contributed by atoms with E-state index in [9.17, 15) is 0 Å². The second-order valence-corrected chi connectivity index (χ2v) is 12.8. The molecule has 236 valence electrons. The Hall–Kier alpha value is -6.72. The molecule has 0 bridgehead atoms. The highest BCUT2D eigenvalue weighted by Gasteiger charge is 2.17. The number of benzene rings is 7. The lowest BCUT2D eigenvalue weighted by atomic mass is 10.0. The van der Waals surface area contributed by atoms with Crippen molar-refractivity contribution in [2.75, 3.05) is 0 Å². The molecule has 0 aliphatic heterocycles. The van der Waals surface area contributed by atoms with Crippen LogP contribution in [0, 0.1) is 6.92 Å². The van der Waals surface area contributed by atoms with Gasteiger partial charge in [-0.1, -0.05) is 78.4 Å². The summed E-state index contributed by atoms with van der Waals surface area (Å²) < 4.78 is 10.7. The van der Waals surface area contributed by atoms with Gasteiger partial charge in [-0.25, -0.2) is 0 Å². The van der Waals surface area contributed by atoms with Gasteiger partial charge in [0.2, 0.25) is 11.8 Å². The first kappa shape index (κ1) is 28.3. The fourth-order valence-electron chi connectivity index (χ4n) is 7.39. The van der Waals surface area contributed by atoms with E-state index in [-0.39, 0.29) is 0 Å². The molecular weight excluding hydrogens is 613 g/mol. The zero-order valence-electron chi connectivity index (χ0n) is 27.3. The van der Waals surface area contributed by atoms with Gasteiger partial charge in [-0.2, -0.15) is 0 Å². The third kappa shape index (κ3) is 4.48. The van der Waals surface area contributed by atoms with Crippen LogP contribution in [0.2, 0.25) is 0 Å². The maximum Gasteiger partial charge on any atom is 0.248 e. The van der Waals surface area contributed by atoms with Crippen molar-refractivity contribution in [3.8, 4) is 45.4 Å². The molecule has 0 amide bonds. The van der Waals surface area contributed by atoms with Crippen LogP contribution in [0.15, 0.2) is 168 Å². The summed E-state index contributed by atoms with van der Waals surface area (Å²) in [5.41, 5.74) is 12.4. The van der Waals surface area contributed by atoms with Gasteiger partial charge in [0, 0.05) is 44.0 Å². The minimum atomic E-state index is 0.502. The Kier molecular flexibility index (Phi) is 6.33. The van der Waals surface area contributed by atoms with Crippen molar-refractivity contribution in [1.29, 1.82) is 0 Å². The molecule has 3 heterocycles. The van der Waals surface area contributed by atoms with E-state index >= 15 is 0 Å². The van der Waals surface area contributed by atoms with E-state index in [0.29, 0.717) is 11.8 Å². The summed E-state index contributed by atoms with van der Waals surface area (Å²) in [6.07, 6.45) is 0. The first-order valence-electron chi connectivity index (χ1n) is 16.8. The number of aryl methyl sites for hydroxylation is 1. The van der Waals surface area contributed by atoms with Gasteiger partial charge in [0.15, 0.2) is 0 Å². The highest BCUT2D eigenvalue weighted by atomic mass is 16.4. The van der Waals surface area contributed by atoms with Gasteiger partial charge in [0.05, 0.1) is 22.1 Å². The molecule has 0 saturated carbocycles. The van der Waals surface area contributed by atoms with Gasteiger partial charge in [0.25, 0.3) is 0 Å². The van der Waals surface area contributed by atoms with Gasteiger partial charge in [-0.05, 0) is 109 Å². The standard InChI is InChI=1S/C45H30N4O/c1-29-16-23-41-37(26-29)39-28-33(32-19-24-42-38(27-32)36-14-8-9-15-40(36)48(42)34-12-6-3-7-13-34)20-25-43(39)49(41)35-21-17-31(18-22-35)45-47-46-44(50-45)30-10-4-2-5-11-30/h2-28H,1H3. The van der Waals surface area contributed by atoms with Crippen LogP contribution in [0.25, 0.3) is 89.0 Å². The Morgan fingerprint density at radius 3 is 1.50 bits per heavy atom. The van der Waals surface area contributed by atoms with Crippen molar-refractivity contribution in [3.63, 3.8) is 0 Å². The van der Waals surface area contributed by atoms with E-state index in [1.807, 2.05) is 30.3 Å². The smallest absolute Gasteiger partial charge is 0.248 e. The first-order valence-corrected chi connectivity index (χ1v) is 16.8. The molecule has 0 saturated heterocycles. The Bertz CT molecular complexity index is 2860. The molecular formula is C45H30N4O. The van der Waals surface area contributed by atoms with Crippen LogP contribution in [-0.4, -0.2) is 19.3 Å². The molecule has 0 spiro atoms. The van der Waals surface area contributed by atoms with E-state index in [0.717, 1.165) is 28.0 Å². The van der Waals surface area contributed by atoms with Crippen LogP contribution in [-0.2, 0) is 0 Å². The summed E-state index contributed by atoms with van der Waals surface area (Å²) in [5, 5.41) is 13.6. The molecule has 5 heteroatoms. The lowest BCUT2D eigenvalue weighted by Crippen LogP contribution is -1.94. The van der Waals surface area contributed by atoms with Crippen molar-refractivity contribution >= 4 is 43.6 Å². The van der Waals surface area contributed by atoms with E-state index < -0.39 is 0 Å². The van der Waals surface area contributed by atoms with Gasteiger partial charge in [-0.3, -0.25) is 0 Å². The molecule has 0 aliphatic carbocycles. The van der Waals surface area contributed by atoms with E-state index in [4.69, 9.17) is 4.42 Å². The fourth-order valence-corrected chi connectivity index (χ4v) is 7.39. The minimum Gasteiger partial charge on any atom is -0.416 e. The number of fused-ring (bicyclic) bond motifs is 6. The van der Waals surface area contributed by atoms with E-state index in [2.05, 4.69) is 160 Å². The lowest BCUT2D eigenvalue weighted by Gasteiger charge is -2.10. The topological polar surface area (TPSA) is 48.8 Å². The van der Waals surface area contributed by atoms with Crippen molar-refractivity contribution in [2.45, 2.75) is 6.92 Å². The summed E-state index contributed by atoms with van der Waals surface area (Å²) in [6, 6.07) is 58.0. The van der Waals surface area contributed by atoms with Crippen molar-refractivity contribution < 1.29 is 4.42 Å². The molecule has 0 unspecified atom stereocenters. The summed E-state index contributed by atoms with van der Waals surface area (Å²) in [4.78, 5) is 0. The lowest BCUT2D eigenvalue weighted by molar-refractivity contribution is 0.584. The highest BCUT2D eigenvalue weighted by Crippen LogP contribution is 2.38. The molecule has 7 aromatic carbocycles. The second-order valence-electron chi connectivity index (χ2n) is 12.8. The normalized spacial score (nSPS) is 11.7. The molecule has 10 aromatic rings. The monoisotopic (exact) mass is 642 g/mol. The molecule has 50 heavy (non-hydrogen) atoms. The zero-order chi connectivity index (χ0) is 33.2. The number of aromatic nitrogens is 4. The van der Waals surface area contributed by atoms with Crippen LogP contribution in [0.4, 0.5) is 0 Å². The Labute approximate surface area is 288 Å². The maximum atomic E-state index is 6.04.